The van der Waals surface area contributed by atoms with Crippen molar-refractivity contribution in [3.8, 4) is 0 Å². The van der Waals surface area contributed by atoms with Gasteiger partial charge in [-0.1, -0.05) is 0 Å². The van der Waals surface area contributed by atoms with E-state index in [-0.39, 0.29) is 12.0 Å². The van der Waals surface area contributed by atoms with E-state index in [0.717, 1.165) is 12.0 Å². The highest BCUT2D eigenvalue weighted by atomic mass is 16.5. The summed E-state index contributed by atoms with van der Waals surface area (Å²) < 4.78 is 4.79. The molecule has 0 aromatic carbocycles. The monoisotopic (exact) mass is 305 g/mol. The Bertz CT molecular complexity index is 556. The van der Waals surface area contributed by atoms with Crippen LogP contribution in [-0.4, -0.2) is 52.8 Å². The maximum absolute atomic E-state index is 11.2. The van der Waals surface area contributed by atoms with Crippen LogP contribution < -0.4 is 5.32 Å². The van der Waals surface area contributed by atoms with Gasteiger partial charge in [-0.15, -0.1) is 0 Å². The minimum Gasteiger partial charge on any atom is -0.465 e. The number of hydrogen-bond acceptors (Lipinski definition) is 5. The number of carbonyl (C=O) groups excluding carboxylic acids is 1. The molecule has 2 N–H and O–H groups in total. The van der Waals surface area contributed by atoms with E-state index in [1.807, 2.05) is 6.07 Å². The molecule has 7 heteroatoms. The Morgan fingerprint density at radius 2 is 2.36 bits per heavy atom. The average Bonchev–Trinajstić information content (AvgIpc) is 2.96. The molecule has 1 aromatic rings. The fourth-order valence-electron chi connectivity index (χ4n) is 2.20. The zero-order chi connectivity index (χ0) is 15.9. The second-order valence-electron chi connectivity index (χ2n) is 4.92. The predicted octanol–water partition coefficient (Wildman–Crippen LogP) is 1.82. The van der Waals surface area contributed by atoms with Gasteiger partial charge in [0.05, 0.1) is 6.61 Å². The van der Waals surface area contributed by atoms with Crippen molar-refractivity contribution in [1.29, 1.82) is 0 Å². The van der Waals surface area contributed by atoms with Crippen molar-refractivity contribution >= 4 is 24.0 Å². The van der Waals surface area contributed by atoms with E-state index >= 15 is 0 Å². The molecule has 1 aromatic heterocycles. The number of pyridine rings is 1. The number of esters is 1. The summed E-state index contributed by atoms with van der Waals surface area (Å²) in [5.41, 5.74) is 0.789. The molecule has 1 aliphatic rings. The summed E-state index contributed by atoms with van der Waals surface area (Å²) in [6, 6.07) is 3.70. The standard InChI is InChI=1S/C15H19N3O4/c1-2-22-14(19)6-4-11-3-5-13(16-9-11)17-12-7-8-18(10-12)15(20)21/h3-6,9,12H,2,7-8,10H2,1H3,(H,16,17)(H,20,21)/b6-4+/t12-/m1/s1. The van der Waals surface area contributed by atoms with Crippen molar-refractivity contribution in [2.75, 3.05) is 25.0 Å². The Morgan fingerprint density at radius 1 is 1.55 bits per heavy atom. The largest absolute Gasteiger partial charge is 0.465 e. The normalized spacial score (nSPS) is 17.7. The van der Waals surface area contributed by atoms with E-state index in [1.54, 1.807) is 25.3 Å². The van der Waals surface area contributed by atoms with Gasteiger partial charge in [-0.2, -0.15) is 0 Å². The Hall–Kier alpha value is -2.57. The zero-order valence-corrected chi connectivity index (χ0v) is 12.4. The molecule has 2 heterocycles. The van der Waals surface area contributed by atoms with Crippen LogP contribution in [0.1, 0.15) is 18.9 Å². The number of hydrogen-bond donors (Lipinski definition) is 2. The summed E-state index contributed by atoms with van der Waals surface area (Å²) in [4.78, 5) is 27.7. The number of anilines is 1. The number of nitrogens with zero attached hydrogens (tertiary/aromatic N) is 2. The third-order valence-corrected chi connectivity index (χ3v) is 3.30. The van der Waals surface area contributed by atoms with Gasteiger partial charge in [0.25, 0.3) is 0 Å². The van der Waals surface area contributed by atoms with Crippen LogP contribution in [0.15, 0.2) is 24.4 Å². The molecule has 0 bridgehead atoms. The smallest absolute Gasteiger partial charge is 0.407 e. The first-order chi connectivity index (χ1) is 10.6. The molecule has 22 heavy (non-hydrogen) atoms. The third-order valence-electron chi connectivity index (χ3n) is 3.30. The molecule has 2 rings (SSSR count). The summed E-state index contributed by atoms with van der Waals surface area (Å²) in [6.07, 6.45) is 4.50. The molecule has 1 amide bonds. The summed E-state index contributed by atoms with van der Waals surface area (Å²) in [6.45, 7) is 3.09. The number of carbonyl (C=O) groups is 2. The molecular weight excluding hydrogens is 286 g/mol. The van der Waals surface area contributed by atoms with Gasteiger partial charge in [-0.3, -0.25) is 0 Å². The van der Waals surface area contributed by atoms with Crippen LogP contribution in [0.25, 0.3) is 6.08 Å². The molecule has 0 unspecified atom stereocenters. The van der Waals surface area contributed by atoms with Crippen molar-refractivity contribution in [2.45, 2.75) is 19.4 Å². The van der Waals surface area contributed by atoms with Gasteiger partial charge in [0.2, 0.25) is 0 Å². The lowest BCUT2D eigenvalue weighted by Crippen LogP contribution is -2.30. The highest BCUT2D eigenvalue weighted by molar-refractivity contribution is 5.86. The van der Waals surface area contributed by atoms with Crippen molar-refractivity contribution in [2.24, 2.45) is 0 Å². The van der Waals surface area contributed by atoms with Gasteiger partial charge < -0.3 is 20.1 Å². The zero-order valence-electron chi connectivity index (χ0n) is 12.4. The van der Waals surface area contributed by atoms with E-state index in [2.05, 4.69) is 10.3 Å². The van der Waals surface area contributed by atoms with Gasteiger partial charge in [0.1, 0.15) is 5.82 Å². The first kappa shape index (κ1) is 15.8. The molecule has 1 aliphatic heterocycles. The maximum Gasteiger partial charge on any atom is 0.407 e. The number of rotatable bonds is 5. The lowest BCUT2D eigenvalue weighted by molar-refractivity contribution is -0.137. The van der Waals surface area contributed by atoms with Crippen molar-refractivity contribution in [3.63, 3.8) is 0 Å². The number of carboxylic acid groups (broad SMARTS) is 1. The van der Waals surface area contributed by atoms with Gasteiger partial charge in [-0.05, 0) is 37.1 Å². The van der Waals surface area contributed by atoms with Crippen molar-refractivity contribution in [1.82, 2.24) is 9.88 Å². The van der Waals surface area contributed by atoms with Crippen molar-refractivity contribution < 1.29 is 19.4 Å². The minimum atomic E-state index is -0.892. The van der Waals surface area contributed by atoms with E-state index in [0.29, 0.717) is 25.5 Å². The number of ether oxygens (including phenoxy) is 1. The minimum absolute atomic E-state index is 0.0736. The van der Waals surface area contributed by atoms with Crippen LogP contribution in [0.3, 0.4) is 0 Å². The highest BCUT2D eigenvalue weighted by Gasteiger charge is 2.25. The fraction of sp³-hybridized carbons (Fsp3) is 0.400. The predicted molar refractivity (Wildman–Crippen MR) is 81.5 cm³/mol. The van der Waals surface area contributed by atoms with Crippen LogP contribution in [-0.2, 0) is 9.53 Å². The molecule has 0 radical (unpaired) electrons. The van der Waals surface area contributed by atoms with Crippen LogP contribution >= 0.6 is 0 Å². The van der Waals surface area contributed by atoms with E-state index in [1.165, 1.54) is 11.0 Å². The lowest BCUT2D eigenvalue weighted by atomic mass is 10.2. The second kappa shape index (κ2) is 7.44. The number of amides is 1. The van der Waals surface area contributed by atoms with Crippen LogP contribution in [0.5, 0.6) is 0 Å². The van der Waals surface area contributed by atoms with Gasteiger partial charge in [0, 0.05) is 31.4 Å². The Kier molecular flexibility index (Phi) is 5.35. The first-order valence-electron chi connectivity index (χ1n) is 7.13. The molecule has 1 fully saturated rings. The summed E-state index contributed by atoms with van der Waals surface area (Å²) >= 11 is 0. The second-order valence-corrected chi connectivity index (χ2v) is 4.92. The summed E-state index contributed by atoms with van der Waals surface area (Å²) in [5.74, 6) is 0.301. The average molecular weight is 305 g/mol. The van der Waals surface area contributed by atoms with Gasteiger partial charge in [0.15, 0.2) is 0 Å². The molecule has 118 valence electrons. The van der Waals surface area contributed by atoms with Crippen molar-refractivity contribution in [3.05, 3.63) is 30.0 Å². The van der Waals surface area contributed by atoms with Crippen LogP contribution in [0.2, 0.25) is 0 Å². The van der Waals surface area contributed by atoms with Gasteiger partial charge >= 0.3 is 12.1 Å². The molecule has 1 saturated heterocycles. The highest BCUT2D eigenvalue weighted by Crippen LogP contribution is 2.15. The fourth-order valence-corrected chi connectivity index (χ4v) is 2.20. The Morgan fingerprint density at radius 3 is 2.95 bits per heavy atom. The maximum atomic E-state index is 11.2. The molecule has 0 spiro atoms. The van der Waals surface area contributed by atoms with E-state index in [4.69, 9.17) is 9.84 Å². The number of likely N-dealkylation sites (tertiary alicyclic amines) is 1. The molecule has 0 saturated carbocycles. The van der Waals surface area contributed by atoms with Gasteiger partial charge in [-0.25, -0.2) is 14.6 Å². The first-order valence-corrected chi connectivity index (χ1v) is 7.13. The number of aromatic nitrogens is 1. The summed E-state index contributed by atoms with van der Waals surface area (Å²) in [5, 5.41) is 12.1. The molecule has 0 aliphatic carbocycles. The van der Waals surface area contributed by atoms with Crippen LogP contribution in [0.4, 0.5) is 10.6 Å². The summed E-state index contributed by atoms with van der Waals surface area (Å²) in [7, 11) is 0. The molecule has 1 atom stereocenters. The number of nitrogens with one attached hydrogen (secondary N) is 1. The quantitative estimate of drug-likeness (QED) is 0.637. The van der Waals surface area contributed by atoms with E-state index < -0.39 is 6.09 Å². The Balaban J connectivity index is 1.87. The SMILES string of the molecule is CCOC(=O)/C=C/c1ccc(N[C@@H]2CCN(C(=O)O)C2)nc1. The molecular formula is C15H19N3O4. The third kappa shape index (κ3) is 4.47. The topological polar surface area (TPSA) is 91.8 Å². The molecule has 7 nitrogen and oxygen atoms in total. The lowest BCUT2D eigenvalue weighted by Gasteiger charge is -2.14. The Labute approximate surface area is 128 Å². The van der Waals surface area contributed by atoms with E-state index in [9.17, 15) is 9.59 Å². The van der Waals surface area contributed by atoms with Crippen LogP contribution in [0, 0.1) is 0 Å².